The second-order valence-electron chi connectivity index (χ2n) is 9.09. The van der Waals surface area contributed by atoms with Gasteiger partial charge in [-0.05, 0) is 51.8 Å². The highest BCUT2D eigenvalue weighted by Gasteiger charge is 2.18. The van der Waals surface area contributed by atoms with E-state index in [1.807, 2.05) is 19.9 Å². The zero-order valence-corrected chi connectivity index (χ0v) is 20.6. The number of rotatable bonds is 8. The number of nitrogens with zero attached hydrogens (tertiary/aromatic N) is 4. The lowest BCUT2D eigenvalue weighted by molar-refractivity contribution is 0.0699. The molecule has 1 aromatic heterocycles. The number of anilines is 4. The Bertz CT molecular complexity index is 914. The number of halogens is 1. The van der Waals surface area contributed by atoms with E-state index in [-0.39, 0.29) is 6.10 Å². The summed E-state index contributed by atoms with van der Waals surface area (Å²) in [5.74, 6) is 2.47. The molecule has 2 aliphatic rings. The molecule has 0 radical (unpaired) electrons. The van der Waals surface area contributed by atoms with Crippen LogP contribution in [0.5, 0.6) is 5.75 Å². The van der Waals surface area contributed by atoms with Gasteiger partial charge < -0.3 is 29.9 Å². The van der Waals surface area contributed by atoms with Gasteiger partial charge in [0.15, 0.2) is 5.82 Å². The molecule has 0 unspecified atom stereocenters. The summed E-state index contributed by atoms with van der Waals surface area (Å²) in [7, 11) is 2.16. The smallest absolute Gasteiger partial charge is 0.229 e. The van der Waals surface area contributed by atoms with E-state index in [0.717, 1.165) is 70.2 Å². The van der Waals surface area contributed by atoms with Crippen LogP contribution in [0, 0.1) is 5.92 Å². The summed E-state index contributed by atoms with van der Waals surface area (Å²) in [4.78, 5) is 13.8. The zero-order valence-electron chi connectivity index (χ0n) is 19.8. The van der Waals surface area contributed by atoms with Gasteiger partial charge in [-0.3, -0.25) is 0 Å². The van der Waals surface area contributed by atoms with E-state index in [0.29, 0.717) is 22.7 Å². The number of ether oxygens (including phenoxy) is 2. The number of benzene rings is 1. The Morgan fingerprint density at radius 3 is 2.67 bits per heavy atom. The van der Waals surface area contributed by atoms with Gasteiger partial charge in [-0.25, -0.2) is 4.98 Å². The summed E-state index contributed by atoms with van der Waals surface area (Å²) in [6.45, 7) is 10.7. The number of nitrogens with one attached hydrogen (secondary N) is 2. The van der Waals surface area contributed by atoms with Gasteiger partial charge in [0.25, 0.3) is 0 Å². The van der Waals surface area contributed by atoms with Gasteiger partial charge in [-0.15, -0.1) is 0 Å². The molecule has 180 valence electrons. The molecule has 2 aliphatic heterocycles. The molecule has 0 spiro atoms. The van der Waals surface area contributed by atoms with Crippen molar-refractivity contribution in [1.82, 2.24) is 14.9 Å². The van der Waals surface area contributed by atoms with Crippen LogP contribution < -0.4 is 20.3 Å². The molecule has 0 saturated carbocycles. The van der Waals surface area contributed by atoms with Crippen molar-refractivity contribution in [3.8, 4) is 5.75 Å². The first kappa shape index (κ1) is 23.9. The summed E-state index contributed by atoms with van der Waals surface area (Å²) in [5, 5.41) is 7.23. The Labute approximate surface area is 201 Å². The first-order chi connectivity index (χ1) is 16.0. The van der Waals surface area contributed by atoms with Crippen molar-refractivity contribution < 1.29 is 9.47 Å². The van der Waals surface area contributed by atoms with Gasteiger partial charge in [0.2, 0.25) is 5.95 Å². The highest BCUT2D eigenvalue weighted by Crippen LogP contribution is 2.33. The molecule has 1 aromatic carbocycles. The average Bonchev–Trinajstić information content (AvgIpc) is 2.81. The average molecular weight is 475 g/mol. The van der Waals surface area contributed by atoms with E-state index >= 15 is 0 Å². The Kier molecular flexibility index (Phi) is 8.11. The minimum Gasteiger partial charge on any atom is -0.489 e. The molecular formula is C24H35ClN6O2. The fourth-order valence-electron chi connectivity index (χ4n) is 4.09. The van der Waals surface area contributed by atoms with Crippen molar-refractivity contribution in [2.45, 2.75) is 32.8 Å². The molecule has 9 heteroatoms. The Hall–Kier alpha value is -2.29. The number of piperazine rings is 1. The van der Waals surface area contributed by atoms with Crippen molar-refractivity contribution >= 4 is 34.7 Å². The van der Waals surface area contributed by atoms with Crippen molar-refractivity contribution in [3.63, 3.8) is 0 Å². The molecule has 2 aromatic rings. The van der Waals surface area contributed by atoms with Crippen LogP contribution in [0.2, 0.25) is 5.02 Å². The third-order valence-electron chi connectivity index (χ3n) is 6.09. The Balaban J connectivity index is 1.48. The fourth-order valence-corrected chi connectivity index (χ4v) is 4.25. The molecule has 2 N–H and O–H groups in total. The lowest BCUT2D eigenvalue weighted by Crippen LogP contribution is -2.44. The monoisotopic (exact) mass is 474 g/mol. The van der Waals surface area contributed by atoms with E-state index in [9.17, 15) is 0 Å². The molecule has 0 amide bonds. The molecule has 2 saturated heterocycles. The maximum atomic E-state index is 6.36. The predicted molar refractivity (Wildman–Crippen MR) is 134 cm³/mol. The third-order valence-corrected chi connectivity index (χ3v) is 6.36. The zero-order chi connectivity index (χ0) is 23.2. The van der Waals surface area contributed by atoms with Crippen LogP contribution in [0.3, 0.4) is 0 Å². The number of likely N-dealkylation sites (N-methyl/N-ethyl adjacent to an activating group) is 1. The molecule has 8 nitrogen and oxygen atoms in total. The topological polar surface area (TPSA) is 74.8 Å². The molecule has 0 atom stereocenters. The second kappa shape index (κ2) is 11.2. The van der Waals surface area contributed by atoms with Crippen molar-refractivity contribution in [3.05, 3.63) is 29.4 Å². The van der Waals surface area contributed by atoms with Crippen LogP contribution in [0.15, 0.2) is 24.4 Å². The molecule has 2 fully saturated rings. The van der Waals surface area contributed by atoms with Gasteiger partial charge in [0, 0.05) is 57.7 Å². The maximum absolute atomic E-state index is 6.36. The van der Waals surface area contributed by atoms with Gasteiger partial charge in [-0.2, -0.15) is 4.98 Å². The van der Waals surface area contributed by atoms with E-state index in [2.05, 4.69) is 49.6 Å². The summed E-state index contributed by atoms with van der Waals surface area (Å²) in [6.07, 6.45) is 3.79. The molecule has 4 rings (SSSR count). The van der Waals surface area contributed by atoms with Crippen LogP contribution in [0.25, 0.3) is 0 Å². The van der Waals surface area contributed by atoms with Gasteiger partial charge in [-0.1, -0.05) is 11.6 Å². The predicted octanol–water partition coefficient (Wildman–Crippen LogP) is 4.25. The standard InChI is InChI=1S/C24H35ClN6O2/c1-17(2)33-22-14-19(31-10-8-30(3)9-11-31)4-5-21(22)28-24-27-16-20(25)23(29-24)26-15-18-6-12-32-13-7-18/h4-5,14,16-18H,6-13,15H2,1-3H3,(H2,26,27,28,29). The van der Waals surface area contributed by atoms with Gasteiger partial charge >= 0.3 is 0 Å². The SMILES string of the molecule is CC(C)Oc1cc(N2CCN(C)CC2)ccc1Nc1ncc(Cl)c(NCC2CCOCC2)n1. The number of hydrogen-bond donors (Lipinski definition) is 2. The van der Waals surface area contributed by atoms with Crippen LogP contribution in [-0.4, -0.2) is 74.0 Å². The van der Waals surface area contributed by atoms with E-state index in [1.165, 1.54) is 5.69 Å². The quantitative estimate of drug-likeness (QED) is 0.588. The van der Waals surface area contributed by atoms with E-state index in [4.69, 9.17) is 21.1 Å². The maximum Gasteiger partial charge on any atom is 0.229 e. The Morgan fingerprint density at radius 2 is 1.94 bits per heavy atom. The highest BCUT2D eigenvalue weighted by atomic mass is 35.5. The normalized spacial score (nSPS) is 17.9. The van der Waals surface area contributed by atoms with Gasteiger partial charge in [0.05, 0.1) is 18.0 Å². The largest absolute Gasteiger partial charge is 0.489 e. The number of aromatic nitrogens is 2. The minimum absolute atomic E-state index is 0.0520. The molecule has 3 heterocycles. The lowest BCUT2D eigenvalue weighted by atomic mass is 10.0. The molecule has 0 bridgehead atoms. The fraction of sp³-hybridized carbons (Fsp3) is 0.583. The summed E-state index contributed by atoms with van der Waals surface area (Å²) in [6, 6.07) is 6.27. The van der Waals surface area contributed by atoms with Crippen LogP contribution in [-0.2, 0) is 4.74 Å². The van der Waals surface area contributed by atoms with E-state index in [1.54, 1.807) is 6.20 Å². The van der Waals surface area contributed by atoms with Crippen LogP contribution in [0.4, 0.5) is 23.1 Å². The van der Waals surface area contributed by atoms with Crippen LogP contribution >= 0.6 is 11.6 Å². The van der Waals surface area contributed by atoms with Crippen LogP contribution in [0.1, 0.15) is 26.7 Å². The summed E-state index contributed by atoms with van der Waals surface area (Å²) < 4.78 is 11.6. The first-order valence-electron chi connectivity index (χ1n) is 11.8. The summed E-state index contributed by atoms with van der Waals surface area (Å²) in [5.41, 5.74) is 2.00. The molecular weight excluding hydrogens is 440 g/mol. The molecule has 33 heavy (non-hydrogen) atoms. The highest BCUT2D eigenvalue weighted by molar-refractivity contribution is 6.32. The first-order valence-corrected chi connectivity index (χ1v) is 12.2. The van der Waals surface area contributed by atoms with E-state index < -0.39 is 0 Å². The second-order valence-corrected chi connectivity index (χ2v) is 9.50. The van der Waals surface area contributed by atoms with Crippen molar-refractivity contribution in [1.29, 1.82) is 0 Å². The Morgan fingerprint density at radius 1 is 1.18 bits per heavy atom. The molecule has 0 aliphatic carbocycles. The van der Waals surface area contributed by atoms with Crippen molar-refractivity contribution in [2.24, 2.45) is 5.92 Å². The minimum atomic E-state index is 0.0520. The van der Waals surface area contributed by atoms with Crippen molar-refractivity contribution in [2.75, 3.05) is 68.5 Å². The van der Waals surface area contributed by atoms with Gasteiger partial charge in [0.1, 0.15) is 10.8 Å². The lowest BCUT2D eigenvalue weighted by Gasteiger charge is -2.34. The third kappa shape index (κ3) is 6.62. The summed E-state index contributed by atoms with van der Waals surface area (Å²) >= 11 is 6.36. The number of hydrogen-bond acceptors (Lipinski definition) is 8.